The second-order valence-corrected chi connectivity index (χ2v) is 10.8. The summed E-state index contributed by atoms with van der Waals surface area (Å²) >= 11 is 1.32. The summed E-state index contributed by atoms with van der Waals surface area (Å²) in [5, 5.41) is 2.75. The van der Waals surface area contributed by atoms with E-state index >= 15 is 0 Å². The number of aromatic nitrogens is 1. The summed E-state index contributed by atoms with van der Waals surface area (Å²) in [4.78, 5) is 29.2. The number of hydrogen-bond donors (Lipinski definition) is 1. The molecule has 0 saturated heterocycles. The predicted octanol–water partition coefficient (Wildman–Crippen LogP) is 4.01. The molecule has 0 aliphatic rings. The number of sulfonamides is 1. The number of nitrogens with one attached hydrogen (secondary N) is 1. The van der Waals surface area contributed by atoms with Gasteiger partial charge in [0, 0.05) is 38.3 Å². The maximum absolute atomic E-state index is 12.9. The highest BCUT2D eigenvalue weighted by atomic mass is 32.2. The van der Waals surface area contributed by atoms with E-state index in [9.17, 15) is 18.0 Å². The van der Waals surface area contributed by atoms with Gasteiger partial charge < -0.3 is 9.88 Å². The maximum Gasteiger partial charge on any atom is 0.279 e. The molecule has 0 fully saturated rings. The summed E-state index contributed by atoms with van der Waals surface area (Å²) in [6.45, 7) is 8.11. The molecule has 0 aliphatic carbocycles. The minimum Gasteiger partial charge on any atom is -0.326 e. The number of carbonyl (C=O) groups excluding carboxylic acids is 2. The third kappa shape index (κ3) is 5.69. The van der Waals surface area contributed by atoms with Gasteiger partial charge in [-0.3, -0.25) is 9.59 Å². The third-order valence-electron chi connectivity index (χ3n) is 5.15. The SMILES string of the molecule is C=CCn1c(=NC(=O)c2ccc(S(=O)(=O)N(C)CCCC)cc2)sc2cc(NC(C)=O)ccc21. The Morgan fingerprint density at radius 1 is 1.21 bits per heavy atom. The quantitative estimate of drug-likeness (QED) is 0.449. The van der Waals surface area contributed by atoms with E-state index in [0.717, 1.165) is 23.1 Å². The van der Waals surface area contributed by atoms with Gasteiger partial charge in [0.25, 0.3) is 5.91 Å². The molecule has 0 saturated carbocycles. The van der Waals surface area contributed by atoms with Crippen molar-refractivity contribution in [1.82, 2.24) is 8.87 Å². The van der Waals surface area contributed by atoms with Crippen LogP contribution in [-0.4, -0.2) is 42.7 Å². The van der Waals surface area contributed by atoms with E-state index in [4.69, 9.17) is 0 Å². The molecule has 0 radical (unpaired) electrons. The molecule has 1 aromatic heterocycles. The molecule has 0 aliphatic heterocycles. The van der Waals surface area contributed by atoms with Crippen molar-refractivity contribution in [1.29, 1.82) is 0 Å². The maximum atomic E-state index is 12.9. The highest BCUT2D eigenvalue weighted by Gasteiger charge is 2.20. The van der Waals surface area contributed by atoms with Crippen LogP contribution in [0.5, 0.6) is 0 Å². The van der Waals surface area contributed by atoms with E-state index < -0.39 is 15.9 Å². The summed E-state index contributed by atoms with van der Waals surface area (Å²) in [6, 6.07) is 11.3. The van der Waals surface area contributed by atoms with Crippen LogP contribution in [0.25, 0.3) is 10.2 Å². The first kappa shape index (κ1) is 25.5. The van der Waals surface area contributed by atoms with Crippen LogP contribution in [0.1, 0.15) is 37.0 Å². The second-order valence-electron chi connectivity index (χ2n) is 7.77. The molecule has 0 atom stereocenters. The fourth-order valence-corrected chi connectivity index (χ4v) is 5.63. The summed E-state index contributed by atoms with van der Waals surface area (Å²) in [6.07, 6.45) is 3.39. The molecule has 34 heavy (non-hydrogen) atoms. The Labute approximate surface area is 203 Å². The van der Waals surface area contributed by atoms with Gasteiger partial charge in [0.05, 0.1) is 15.1 Å². The number of hydrogen-bond acceptors (Lipinski definition) is 5. The number of thiazole rings is 1. The van der Waals surface area contributed by atoms with Crippen LogP contribution < -0.4 is 10.1 Å². The van der Waals surface area contributed by atoms with Crippen molar-refractivity contribution < 1.29 is 18.0 Å². The summed E-state index contributed by atoms with van der Waals surface area (Å²) in [7, 11) is -2.06. The Kier molecular flexibility index (Phi) is 8.19. The monoisotopic (exact) mass is 500 g/mol. The van der Waals surface area contributed by atoms with Gasteiger partial charge >= 0.3 is 0 Å². The molecular weight excluding hydrogens is 472 g/mol. The fraction of sp³-hybridized carbons (Fsp3) is 0.292. The van der Waals surface area contributed by atoms with Crippen molar-refractivity contribution in [3.63, 3.8) is 0 Å². The molecule has 0 unspecified atom stereocenters. The number of allylic oxidation sites excluding steroid dienone is 1. The molecule has 8 nitrogen and oxygen atoms in total. The lowest BCUT2D eigenvalue weighted by Crippen LogP contribution is -2.27. The van der Waals surface area contributed by atoms with Gasteiger partial charge in [-0.05, 0) is 48.9 Å². The lowest BCUT2D eigenvalue weighted by molar-refractivity contribution is -0.114. The molecule has 10 heteroatoms. The molecule has 2 aromatic carbocycles. The number of rotatable bonds is 9. The van der Waals surface area contributed by atoms with E-state index in [0.29, 0.717) is 23.6 Å². The van der Waals surface area contributed by atoms with Crippen molar-refractivity contribution in [3.8, 4) is 0 Å². The molecule has 1 heterocycles. The Morgan fingerprint density at radius 2 is 1.91 bits per heavy atom. The highest BCUT2D eigenvalue weighted by molar-refractivity contribution is 7.89. The van der Waals surface area contributed by atoms with Gasteiger partial charge in [-0.15, -0.1) is 6.58 Å². The van der Waals surface area contributed by atoms with Crippen LogP contribution in [0.2, 0.25) is 0 Å². The van der Waals surface area contributed by atoms with Crippen LogP contribution in [0.3, 0.4) is 0 Å². The molecule has 0 bridgehead atoms. The Morgan fingerprint density at radius 3 is 2.53 bits per heavy atom. The smallest absolute Gasteiger partial charge is 0.279 e. The zero-order valence-electron chi connectivity index (χ0n) is 19.4. The number of anilines is 1. The molecule has 1 N–H and O–H groups in total. The minimum absolute atomic E-state index is 0.136. The van der Waals surface area contributed by atoms with Crippen molar-refractivity contribution in [2.45, 2.75) is 38.1 Å². The Bertz CT molecular complexity index is 1390. The number of carbonyl (C=O) groups is 2. The molecule has 2 amide bonds. The molecule has 3 rings (SSSR count). The zero-order chi connectivity index (χ0) is 24.9. The van der Waals surface area contributed by atoms with Gasteiger partial charge in [-0.1, -0.05) is 30.8 Å². The molecule has 0 spiro atoms. The van der Waals surface area contributed by atoms with Crippen LogP contribution in [-0.2, 0) is 21.4 Å². The van der Waals surface area contributed by atoms with Crippen LogP contribution in [0.4, 0.5) is 5.69 Å². The number of benzene rings is 2. The number of unbranched alkanes of at least 4 members (excludes halogenated alkanes) is 1. The largest absolute Gasteiger partial charge is 0.326 e. The van der Waals surface area contributed by atoms with E-state index in [2.05, 4.69) is 16.9 Å². The number of fused-ring (bicyclic) bond motifs is 1. The Balaban J connectivity index is 1.94. The second kappa shape index (κ2) is 10.9. The third-order valence-corrected chi connectivity index (χ3v) is 8.06. The average Bonchev–Trinajstić information content (AvgIpc) is 3.13. The molecule has 3 aromatic rings. The lowest BCUT2D eigenvalue weighted by atomic mass is 10.2. The van der Waals surface area contributed by atoms with Gasteiger partial charge in [0.15, 0.2) is 4.80 Å². The minimum atomic E-state index is -3.61. The lowest BCUT2D eigenvalue weighted by Gasteiger charge is -2.16. The van der Waals surface area contributed by atoms with Crippen molar-refractivity contribution in [2.24, 2.45) is 4.99 Å². The Hall–Kier alpha value is -3.08. The summed E-state index contributed by atoms with van der Waals surface area (Å²) < 4.78 is 29.4. The summed E-state index contributed by atoms with van der Waals surface area (Å²) in [5.74, 6) is -0.647. The highest BCUT2D eigenvalue weighted by Crippen LogP contribution is 2.22. The van der Waals surface area contributed by atoms with E-state index in [-0.39, 0.29) is 16.4 Å². The zero-order valence-corrected chi connectivity index (χ0v) is 21.1. The van der Waals surface area contributed by atoms with E-state index in [1.165, 1.54) is 46.8 Å². The fourth-order valence-electron chi connectivity index (χ4n) is 3.35. The average molecular weight is 501 g/mol. The van der Waals surface area contributed by atoms with Crippen molar-refractivity contribution in [2.75, 3.05) is 18.9 Å². The summed E-state index contributed by atoms with van der Waals surface area (Å²) in [5.41, 5.74) is 1.81. The van der Waals surface area contributed by atoms with E-state index in [1.54, 1.807) is 19.2 Å². The number of amides is 2. The van der Waals surface area contributed by atoms with Crippen molar-refractivity contribution >= 4 is 49.1 Å². The van der Waals surface area contributed by atoms with Crippen LogP contribution in [0, 0.1) is 0 Å². The first-order valence-corrected chi connectivity index (χ1v) is 13.1. The topological polar surface area (TPSA) is 101 Å². The molecular formula is C24H28N4O4S2. The first-order chi connectivity index (χ1) is 16.2. The normalized spacial score (nSPS) is 12.3. The van der Waals surface area contributed by atoms with Gasteiger partial charge in [0.2, 0.25) is 15.9 Å². The predicted molar refractivity (Wildman–Crippen MR) is 135 cm³/mol. The van der Waals surface area contributed by atoms with E-state index in [1.807, 2.05) is 23.6 Å². The van der Waals surface area contributed by atoms with Gasteiger partial charge in [0.1, 0.15) is 0 Å². The van der Waals surface area contributed by atoms with Gasteiger partial charge in [-0.25, -0.2) is 12.7 Å². The molecule has 180 valence electrons. The van der Waals surface area contributed by atoms with Crippen molar-refractivity contribution in [3.05, 3.63) is 65.5 Å². The first-order valence-electron chi connectivity index (χ1n) is 10.8. The number of nitrogens with zero attached hydrogens (tertiary/aromatic N) is 3. The standard InChI is InChI=1S/C24H28N4O4S2/c1-5-7-15-27(4)34(31,32)20-11-8-18(9-12-20)23(30)26-24-28(14-6-2)21-13-10-19(25-17(3)29)16-22(21)33-24/h6,8-13,16H,2,5,7,14-15H2,1,3-4H3,(H,25,29). The van der Waals surface area contributed by atoms with Crippen LogP contribution in [0.15, 0.2) is 65.0 Å². The van der Waals surface area contributed by atoms with Crippen LogP contribution >= 0.6 is 11.3 Å². The van der Waals surface area contributed by atoms with Gasteiger partial charge in [-0.2, -0.15) is 4.99 Å².